The Morgan fingerprint density at radius 1 is 1.27 bits per heavy atom. The lowest BCUT2D eigenvalue weighted by atomic mass is 10.2. The lowest BCUT2D eigenvalue weighted by Crippen LogP contribution is -2.23. The number of benzene rings is 1. The highest BCUT2D eigenvalue weighted by atomic mass is 35.5. The number of rotatable bonds is 7. The van der Waals surface area contributed by atoms with Crippen LogP contribution in [0.25, 0.3) is 0 Å². The highest BCUT2D eigenvalue weighted by molar-refractivity contribution is 6.31. The Kier molecular flexibility index (Phi) is 6.18. The molecule has 0 spiro atoms. The lowest BCUT2D eigenvalue weighted by molar-refractivity contribution is 0.0950. The van der Waals surface area contributed by atoms with E-state index < -0.39 is 0 Å². The number of hydrogen-bond acceptors (Lipinski definition) is 4. The summed E-state index contributed by atoms with van der Waals surface area (Å²) >= 11 is 6.05. The Morgan fingerprint density at radius 3 is 2.77 bits per heavy atom. The van der Waals surface area contributed by atoms with Crippen LogP contribution in [0, 0.1) is 0 Å². The van der Waals surface area contributed by atoms with Crippen molar-refractivity contribution in [2.75, 3.05) is 25.6 Å². The van der Waals surface area contributed by atoms with Crippen molar-refractivity contribution in [1.29, 1.82) is 0 Å². The van der Waals surface area contributed by atoms with E-state index in [0.717, 1.165) is 5.56 Å². The van der Waals surface area contributed by atoms with Gasteiger partial charge >= 0.3 is 0 Å². The molecule has 0 aliphatic carbocycles. The first-order chi connectivity index (χ1) is 10.7. The topological polar surface area (TPSA) is 63.2 Å². The van der Waals surface area contributed by atoms with Gasteiger partial charge in [-0.05, 0) is 23.8 Å². The molecule has 1 amide bonds. The molecule has 6 heteroatoms. The number of hydrogen-bond donors (Lipinski definition) is 2. The minimum atomic E-state index is -0.184. The number of halogens is 1. The van der Waals surface area contributed by atoms with E-state index in [0.29, 0.717) is 36.1 Å². The minimum absolute atomic E-state index is 0.184. The Bertz CT molecular complexity index is 617. The Balaban J connectivity index is 1.88. The molecular weight excluding hydrogens is 302 g/mol. The van der Waals surface area contributed by atoms with Crippen LogP contribution >= 0.6 is 11.6 Å². The summed E-state index contributed by atoms with van der Waals surface area (Å²) in [6.45, 7) is 1.65. The smallest absolute Gasteiger partial charge is 0.253 e. The highest BCUT2D eigenvalue weighted by Gasteiger charge is 2.07. The molecule has 0 aliphatic rings. The molecule has 0 bridgehead atoms. The van der Waals surface area contributed by atoms with Crippen LogP contribution in [-0.2, 0) is 11.3 Å². The molecule has 0 atom stereocenters. The Labute approximate surface area is 134 Å². The zero-order valence-electron chi connectivity index (χ0n) is 12.3. The average molecular weight is 320 g/mol. The molecule has 22 heavy (non-hydrogen) atoms. The van der Waals surface area contributed by atoms with Gasteiger partial charge in [-0.15, -0.1) is 0 Å². The highest BCUT2D eigenvalue weighted by Crippen LogP contribution is 2.14. The van der Waals surface area contributed by atoms with Crippen LogP contribution in [0.15, 0.2) is 42.6 Å². The lowest BCUT2D eigenvalue weighted by Gasteiger charge is -2.08. The molecule has 2 N–H and O–H groups in total. The Morgan fingerprint density at radius 2 is 2.09 bits per heavy atom. The molecule has 1 aromatic heterocycles. The van der Waals surface area contributed by atoms with Crippen LogP contribution in [0.5, 0.6) is 0 Å². The van der Waals surface area contributed by atoms with Gasteiger partial charge in [0.2, 0.25) is 0 Å². The van der Waals surface area contributed by atoms with Crippen LogP contribution < -0.4 is 10.6 Å². The van der Waals surface area contributed by atoms with Crippen molar-refractivity contribution >= 4 is 23.3 Å². The van der Waals surface area contributed by atoms with Gasteiger partial charge < -0.3 is 15.4 Å². The molecular formula is C16H18ClN3O2. The second-order valence-corrected chi connectivity index (χ2v) is 5.03. The van der Waals surface area contributed by atoms with Gasteiger partial charge in [0.1, 0.15) is 5.82 Å². The molecule has 0 fully saturated rings. The molecule has 5 nitrogen and oxygen atoms in total. The summed E-state index contributed by atoms with van der Waals surface area (Å²) < 4.78 is 4.94. The normalized spacial score (nSPS) is 10.3. The van der Waals surface area contributed by atoms with E-state index in [9.17, 15) is 4.79 Å². The molecule has 1 heterocycles. The van der Waals surface area contributed by atoms with Crippen LogP contribution in [0.1, 0.15) is 15.9 Å². The van der Waals surface area contributed by atoms with Crippen molar-refractivity contribution in [2.24, 2.45) is 0 Å². The number of aromatic nitrogens is 1. The monoisotopic (exact) mass is 319 g/mol. The van der Waals surface area contributed by atoms with E-state index >= 15 is 0 Å². The number of carbonyl (C=O) groups excluding carboxylic acids is 1. The summed E-state index contributed by atoms with van der Waals surface area (Å²) in [6, 6.07) is 10.9. The van der Waals surface area contributed by atoms with Gasteiger partial charge in [0.15, 0.2) is 0 Å². The quantitative estimate of drug-likeness (QED) is 0.770. The van der Waals surface area contributed by atoms with Crippen LogP contribution in [0.3, 0.4) is 0 Å². The fraction of sp³-hybridized carbons (Fsp3) is 0.250. The van der Waals surface area contributed by atoms with Crippen molar-refractivity contribution < 1.29 is 9.53 Å². The van der Waals surface area contributed by atoms with Gasteiger partial charge in [0, 0.05) is 31.4 Å². The predicted octanol–water partition coefficient (Wildman–Crippen LogP) is 2.72. The zero-order chi connectivity index (χ0) is 15.8. The molecule has 0 saturated carbocycles. The predicted molar refractivity (Wildman–Crippen MR) is 87.2 cm³/mol. The number of amides is 1. The number of pyridine rings is 1. The first-order valence-electron chi connectivity index (χ1n) is 6.91. The van der Waals surface area contributed by atoms with Gasteiger partial charge in [-0.2, -0.15) is 0 Å². The number of ether oxygens (including phenoxy) is 1. The number of carbonyl (C=O) groups is 1. The fourth-order valence-electron chi connectivity index (χ4n) is 1.83. The molecule has 0 unspecified atom stereocenters. The zero-order valence-corrected chi connectivity index (χ0v) is 13.1. The average Bonchev–Trinajstić information content (AvgIpc) is 2.55. The molecule has 1 aromatic carbocycles. The van der Waals surface area contributed by atoms with Gasteiger partial charge in [-0.1, -0.05) is 29.8 Å². The molecule has 0 aliphatic heterocycles. The van der Waals surface area contributed by atoms with Crippen molar-refractivity contribution in [3.8, 4) is 0 Å². The summed E-state index contributed by atoms with van der Waals surface area (Å²) in [4.78, 5) is 16.3. The summed E-state index contributed by atoms with van der Waals surface area (Å²) in [6.07, 6.45) is 1.54. The number of nitrogens with one attached hydrogen (secondary N) is 2. The van der Waals surface area contributed by atoms with E-state index in [2.05, 4.69) is 15.6 Å². The fourth-order valence-corrected chi connectivity index (χ4v) is 2.04. The Hall–Kier alpha value is -2.11. The molecule has 0 saturated heterocycles. The van der Waals surface area contributed by atoms with Crippen molar-refractivity contribution in [3.63, 3.8) is 0 Å². The maximum absolute atomic E-state index is 12.1. The second-order valence-electron chi connectivity index (χ2n) is 4.63. The summed E-state index contributed by atoms with van der Waals surface area (Å²) in [5.41, 5.74) is 1.38. The summed E-state index contributed by atoms with van der Waals surface area (Å²) in [5.74, 6) is 0.524. The molecule has 2 aromatic rings. The minimum Gasteiger partial charge on any atom is -0.383 e. The van der Waals surface area contributed by atoms with Crippen molar-refractivity contribution in [3.05, 3.63) is 58.7 Å². The summed E-state index contributed by atoms with van der Waals surface area (Å²) in [7, 11) is 1.64. The molecule has 0 radical (unpaired) electrons. The van der Waals surface area contributed by atoms with Gasteiger partial charge in [0.25, 0.3) is 5.91 Å². The van der Waals surface area contributed by atoms with E-state index in [1.54, 1.807) is 25.3 Å². The van der Waals surface area contributed by atoms with Crippen molar-refractivity contribution in [2.45, 2.75) is 6.54 Å². The SMILES string of the molecule is COCCNc1ccc(C(=O)NCc2ccccc2Cl)cn1. The molecule has 116 valence electrons. The third-order valence-electron chi connectivity index (χ3n) is 3.04. The third-order valence-corrected chi connectivity index (χ3v) is 3.40. The third kappa shape index (κ3) is 4.72. The summed E-state index contributed by atoms with van der Waals surface area (Å²) in [5, 5.41) is 6.55. The maximum Gasteiger partial charge on any atom is 0.253 e. The van der Waals surface area contributed by atoms with Crippen LogP contribution in [0.2, 0.25) is 5.02 Å². The van der Waals surface area contributed by atoms with Gasteiger partial charge in [-0.3, -0.25) is 4.79 Å². The molecule has 2 rings (SSSR count). The number of nitrogens with zero attached hydrogens (tertiary/aromatic N) is 1. The standard InChI is InChI=1S/C16H18ClN3O2/c1-22-9-8-18-15-7-6-13(11-19-15)16(21)20-10-12-4-2-3-5-14(12)17/h2-7,11H,8-10H2,1H3,(H,18,19)(H,20,21). The van der Waals surface area contributed by atoms with E-state index in [1.165, 1.54) is 6.20 Å². The van der Waals surface area contributed by atoms with E-state index in [4.69, 9.17) is 16.3 Å². The van der Waals surface area contributed by atoms with Crippen LogP contribution in [0.4, 0.5) is 5.82 Å². The maximum atomic E-state index is 12.1. The largest absolute Gasteiger partial charge is 0.383 e. The van der Waals surface area contributed by atoms with Gasteiger partial charge in [-0.25, -0.2) is 4.98 Å². The van der Waals surface area contributed by atoms with Crippen molar-refractivity contribution in [1.82, 2.24) is 10.3 Å². The number of anilines is 1. The first-order valence-corrected chi connectivity index (χ1v) is 7.29. The first kappa shape index (κ1) is 16.3. The number of methoxy groups -OCH3 is 1. The van der Waals surface area contributed by atoms with E-state index in [-0.39, 0.29) is 5.91 Å². The van der Waals surface area contributed by atoms with Crippen LogP contribution in [-0.4, -0.2) is 31.2 Å². The second kappa shape index (κ2) is 8.36. The van der Waals surface area contributed by atoms with Gasteiger partial charge in [0.05, 0.1) is 12.2 Å². The van der Waals surface area contributed by atoms with E-state index in [1.807, 2.05) is 18.2 Å².